The van der Waals surface area contributed by atoms with Crippen LogP contribution in [-0.4, -0.2) is 39.0 Å². The van der Waals surface area contributed by atoms with Crippen molar-refractivity contribution < 1.29 is 17.9 Å². The van der Waals surface area contributed by atoms with Gasteiger partial charge >= 0.3 is 0 Å². The molecule has 1 aliphatic rings. The number of ether oxygens (including phenoxy) is 2. The van der Waals surface area contributed by atoms with Crippen molar-refractivity contribution >= 4 is 10.0 Å². The molecule has 0 unspecified atom stereocenters. The molecule has 1 saturated heterocycles. The number of nitrogens with zero attached hydrogens (tertiary/aromatic N) is 1. The van der Waals surface area contributed by atoms with Crippen molar-refractivity contribution in [2.75, 3.05) is 26.3 Å². The van der Waals surface area contributed by atoms with Crippen LogP contribution >= 0.6 is 0 Å². The molecule has 1 fully saturated rings. The lowest BCUT2D eigenvalue weighted by molar-refractivity contribution is 0.222. The van der Waals surface area contributed by atoms with Crippen molar-refractivity contribution in [2.24, 2.45) is 11.8 Å². The average Bonchev–Trinajstić information content (AvgIpc) is 2.48. The quantitative estimate of drug-likeness (QED) is 0.797. The summed E-state index contributed by atoms with van der Waals surface area (Å²) in [6.45, 7) is 10.1. The molecule has 1 aromatic carbocycles. The second-order valence-corrected chi connectivity index (χ2v) is 8.18. The summed E-state index contributed by atoms with van der Waals surface area (Å²) in [6.07, 6.45) is 1.07. The first-order chi connectivity index (χ1) is 10.9. The lowest BCUT2D eigenvalue weighted by Gasteiger charge is -2.34. The second-order valence-electron chi connectivity index (χ2n) is 6.24. The molecule has 0 N–H and O–H groups in total. The van der Waals surface area contributed by atoms with Crippen LogP contribution in [-0.2, 0) is 10.0 Å². The van der Waals surface area contributed by atoms with Crippen molar-refractivity contribution in [3.8, 4) is 11.5 Å². The third-order valence-corrected chi connectivity index (χ3v) is 5.82. The van der Waals surface area contributed by atoms with Gasteiger partial charge in [-0.2, -0.15) is 4.31 Å². The SMILES string of the molecule is CCOc1ccc(S(=O)(=O)N2C[C@H](C)C[C@@H](C)C2)cc1OCC. The zero-order chi connectivity index (χ0) is 17.0. The van der Waals surface area contributed by atoms with Crippen molar-refractivity contribution in [3.05, 3.63) is 18.2 Å². The molecule has 130 valence electrons. The van der Waals surface area contributed by atoms with Crippen LogP contribution in [0.15, 0.2) is 23.1 Å². The molecule has 1 heterocycles. The van der Waals surface area contributed by atoms with Gasteiger partial charge in [0.05, 0.1) is 18.1 Å². The Hall–Kier alpha value is -1.27. The van der Waals surface area contributed by atoms with Crippen LogP contribution < -0.4 is 9.47 Å². The van der Waals surface area contributed by atoms with Crippen LogP contribution in [0.3, 0.4) is 0 Å². The van der Waals surface area contributed by atoms with E-state index in [4.69, 9.17) is 9.47 Å². The fourth-order valence-electron chi connectivity index (χ4n) is 3.14. The smallest absolute Gasteiger partial charge is 0.243 e. The zero-order valence-corrected chi connectivity index (χ0v) is 15.2. The van der Waals surface area contributed by atoms with Crippen LogP contribution in [0, 0.1) is 11.8 Å². The van der Waals surface area contributed by atoms with Gasteiger partial charge in [0, 0.05) is 19.2 Å². The molecule has 0 radical (unpaired) electrons. The molecule has 0 amide bonds. The average molecular weight is 341 g/mol. The minimum atomic E-state index is -3.50. The maximum atomic E-state index is 12.9. The Bertz CT molecular complexity index is 619. The number of piperidine rings is 1. The largest absolute Gasteiger partial charge is 0.490 e. The number of hydrogen-bond donors (Lipinski definition) is 0. The van der Waals surface area contributed by atoms with E-state index in [2.05, 4.69) is 13.8 Å². The van der Waals surface area contributed by atoms with Gasteiger partial charge in [0.15, 0.2) is 11.5 Å². The van der Waals surface area contributed by atoms with Crippen molar-refractivity contribution in [1.82, 2.24) is 4.31 Å². The van der Waals surface area contributed by atoms with E-state index >= 15 is 0 Å². The third kappa shape index (κ3) is 4.18. The monoisotopic (exact) mass is 341 g/mol. The van der Waals surface area contributed by atoms with Gasteiger partial charge in [0.2, 0.25) is 10.0 Å². The molecule has 1 aliphatic heterocycles. The molecule has 2 atom stereocenters. The molecular weight excluding hydrogens is 314 g/mol. The van der Waals surface area contributed by atoms with E-state index < -0.39 is 10.0 Å². The summed E-state index contributed by atoms with van der Waals surface area (Å²) in [5, 5.41) is 0. The van der Waals surface area contributed by atoms with E-state index in [1.54, 1.807) is 22.5 Å². The third-order valence-electron chi connectivity index (χ3n) is 3.99. The van der Waals surface area contributed by atoms with Crippen molar-refractivity contribution in [2.45, 2.75) is 39.0 Å². The summed E-state index contributed by atoms with van der Waals surface area (Å²) in [6, 6.07) is 4.86. The number of rotatable bonds is 6. The minimum absolute atomic E-state index is 0.269. The van der Waals surface area contributed by atoms with E-state index in [9.17, 15) is 8.42 Å². The number of sulfonamides is 1. The van der Waals surface area contributed by atoms with Gasteiger partial charge < -0.3 is 9.47 Å². The van der Waals surface area contributed by atoms with Gasteiger partial charge in [-0.25, -0.2) is 8.42 Å². The van der Waals surface area contributed by atoms with E-state index in [-0.39, 0.29) is 4.90 Å². The van der Waals surface area contributed by atoms with Gasteiger partial charge in [-0.3, -0.25) is 0 Å². The Morgan fingerprint density at radius 1 is 1.04 bits per heavy atom. The predicted octanol–water partition coefficient (Wildman–Crippen LogP) is 3.15. The molecule has 23 heavy (non-hydrogen) atoms. The minimum Gasteiger partial charge on any atom is -0.490 e. The van der Waals surface area contributed by atoms with Crippen molar-refractivity contribution in [3.63, 3.8) is 0 Å². The molecule has 5 nitrogen and oxygen atoms in total. The first-order valence-corrected chi connectivity index (χ1v) is 9.72. The van der Waals surface area contributed by atoms with Gasteiger partial charge in [0.1, 0.15) is 0 Å². The zero-order valence-electron chi connectivity index (χ0n) is 14.4. The number of hydrogen-bond acceptors (Lipinski definition) is 4. The topological polar surface area (TPSA) is 55.8 Å². The van der Waals surface area contributed by atoms with Crippen LogP contribution in [0.25, 0.3) is 0 Å². The normalized spacial score (nSPS) is 22.8. The van der Waals surface area contributed by atoms with E-state index in [1.807, 2.05) is 13.8 Å². The first-order valence-electron chi connectivity index (χ1n) is 8.28. The summed E-state index contributed by atoms with van der Waals surface area (Å²) < 4.78 is 38.5. The van der Waals surface area contributed by atoms with Gasteiger partial charge in [0.25, 0.3) is 0 Å². The maximum absolute atomic E-state index is 12.9. The predicted molar refractivity (Wildman–Crippen MR) is 90.5 cm³/mol. The standard InChI is InChI=1S/C17H27NO4S/c1-5-21-16-8-7-15(10-17(16)22-6-2)23(19,20)18-11-13(3)9-14(4)12-18/h7-8,10,13-14H,5-6,9,11-12H2,1-4H3/t13-,14-/m1/s1. The van der Waals surface area contributed by atoms with E-state index in [0.29, 0.717) is 49.6 Å². The molecule has 0 aliphatic carbocycles. The highest BCUT2D eigenvalue weighted by Gasteiger charge is 2.32. The van der Waals surface area contributed by atoms with Crippen LogP contribution in [0.5, 0.6) is 11.5 Å². The van der Waals surface area contributed by atoms with Gasteiger partial charge in [-0.1, -0.05) is 13.8 Å². The Morgan fingerprint density at radius 2 is 1.61 bits per heavy atom. The van der Waals surface area contributed by atoms with Crippen LogP contribution in [0.2, 0.25) is 0 Å². The molecule has 2 rings (SSSR count). The Labute approximate surface area is 139 Å². The Morgan fingerprint density at radius 3 is 2.17 bits per heavy atom. The molecular formula is C17H27NO4S. The van der Waals surface area contributed by atoms with E-state index in [1.165, 1.54) is 0 Å². The van der Waals surface area contributed by atoms with Gasteiger partial charge in [-0.15, -0.1) is 0 Å². The van der Waals surface area contributed by atoms with Crippen LogP contribution in [0.1, 0.15) is 34.1 Å². The van der Waals surface area contributed by atoms with Crippen molar-refractivity contribution in [1.29, 1.82) is 0 Å². The molecule has 6 heteroatoms. The lowest BCUT2D eigenvalue weighted by Crippen LogP contribution is -2.42. The highest BCUT2D eigenvalue weighted by Crippen LogP contribution is 2.33. The molecule has 0 aromatic heterocycles. The summed E-state index contributed by atoms with van der Waals surface area (Å²) in [5.74, 6) is 1.81. The summed E-state index contributed by atoms with van der Waals surface area (Å²) in [4.78, 5) is 0.269. The molecule has 0 saturated carbocycles. The molecule has 0 spiro atoms. The van der Waals surface area contributed by atoms with Gasteiger partial charge in [-0.05, 0) is 44.2 Å². The van der Waals surface area contributed by atoms with Crippen LogP contribution in [0.4, 0.5) is 0 Å². The molecule has 1 aromatic rings. The Balaban J connectivity index is 2.33. The highest BCUT2D eigenvalue weighted by molar-refractivity contribution is 7.89. The fraction of sp³-hybridized carbons (Fsp3) is 0.647. The summed E-state index contributed by atoms with van der Waals surface area (Å²) in [7, 11) is -3.50. The fourth-order valence-corrected chi connectivity index (χ4v) is 4.84. The number of benzene rings is 1. The first kappa shape index (κ1) is 18.1. The lowest BCUT2D eigenvalue weighted by atomic mass is 9.94. The highest BCUT2D eigenvalue weighted by atomic mass is 32.2. The second kappa shape index (κ2) is 7.53. The summed E-state index contributed by atoms with van der Waals surface area (Å²) in [5.41, 5.74) is 0. The van der Waals surface area contributed by atoms with E-state index in [0.717, 1.165) is 6.42 Å². The Kier molecular flexibility index (Phi) is 5.92. The molecule has 0 bridgehead atoms. The maximum Gasteiger partial charge on any atom is 0.243 e. The summed E-state index contributed by atoms with van der Waals surface area (Å²) >= 11 is 0.